The quantitative estimate of drug-likeness (QED) is 0.804. The van der Waals surface area contributed by atoms with Gasteiger partial charge < -0.3 is 10.5 Å². The molecule has 2 aliphatic heterocycles. The summed E-state index contributed by atoms with van der Waals surface area (Å²) in [5, 5.41) is 0. The third kappa shape index (κ3) is 3.16. The number of nitrogens with zero attached hydrogens (tertiary/aromatic N) is 1. The summed E-state index contributed by atoms with van der Waals surface area (Å²) in [6, 6.07) is -0.618. The molecule has 0 aromatic heterocycles. The topological polar surface area (TPSA) is 89.7 Å². The van der Waals surface area contributed by atoms with Crippen LogP contribution in [-0.2, 0) is 19.6 Å². The van der Waals surface area contributed by atoms with Gasteiger partial charge in [-0.05, 0) is 49.9 Å². The Hall–Kier alpha value is -0.660. The normalized spacial score (nSPS) is 33.9. The minimum atomic E-state index is -3.40. The van der Waals surface area contributed by atoms with Crippen molar-refractivity contribution >= 4 is 15.9 Å². The van der Waals surface area contributed by atoms with Gasteiger partial charge in [0, 0.05) is 19.8 Å². The highest BCUT2D eigenvalue weighted by Crippen LogP contribution is 2.43. The van der Waals surface area contributed by atoms with Crippen molar-refractivity contribution in [3.8, 4) is 0 Å². The lowest BCUT2D eigenvalue weighted by atomic mass is 9.94. The molecule has 0 spiro atoms. The Labute approximate surface area is 132 Å². The first-order chi connectivity index (χ1) is 10.5. The lowest BCUT2D eigenvalue weighted by Crippen LogP contribution is -2.47. The Morgan fingerprint density at radius 3 is 2.59 bits per heavy atom. The van der Waals surface area contributed by atoms with Crippen molar-refractivity contribution < 1.29 is 17.9 Å². The van der Waals surface area contributed by atoms with Gasteiger partial charge in [0.15, 0.2) is 0 Å². The van der Waals surface area contributed by atoms with Gasteiger partial charge in [0.2, 0.25) is 15.9 Å². The third-order valence-corrected chi connectivity index (χ3v) is 7.46. The van der Waals surface area contributed by atoms with E-state index in [1.54, 1.807) is 0 Å². The van der Waals surface area contributed by atoms with Gasteiger partial charge in [0.1, 0.15) is 6.04 Å². The van der Waals surface area contributed by atoms with Crippen LogP contribution in [-0.4, -0.2) is 50.2 Å². The molecule has 6 nitrogen and oxygen atoms in total. The molecule has 1 amide bonds. The average Bonchev–Trinajstić information content (AvgIpc) is 3.06. The number of carbonyl (C=O) groups is 1. The molecule has 2 N–H and O–H groups in total. The van der Waals surface area contributed by atoms with E-state index in [1.807, 2.05) is 0 Å². The van der Waals surface area contributed by atoms with Gasteiger partial charge in [-0.25, -0.2) is 8.42 Å². The first-order valence-electron chi connectivity index (χ1n) is 8.35. The Morgan fingerprint density at radius 2 is 1.91 bits per heavy atom. The van der Waals surface area contributed by atoms with Crippen LogP contribution in [0.1, 0.15) is 38.5 Å². The predicted octanol–water partition coefficient (Wildman–Crippen LogP) is 0.719. The standard InChI is InChI=1S/C15H26N2O4S/c16-15(18)14-13-3-1-2-12(13)10-17(14)22(19,20)9-6-11-4-7-21-8-5-11/h11-14H,1-10H2,(H2,16,18). The predicted molar refractivity (Wildman–Crippen MR) is 82.5 cm³/mol. The van der Waals surface area contributed by atoms with Crippen LogP contribution < -0.4 is 5.73 Å². The summed E-state index contributed by atoms with van der Waals surface area (Å²) < 4.78 is 32.1. The van der Waals surface area contributed by atoms with Crippen LogP contribution in [0.2, 0.25) is 0 Å². The van der Waals surface area contributed by atoms with E-state index in [2.05, 4.69) is 0 Å². The van der Waals surface area contributed by atoms with E-state index in [1.165, 1.54) is 4.31 Å². The van der Waals surface area contributed by atoms with Crippen molar-refractivity contribution in [3.63, 3.8) is 0 Å². The number of fused-ring (bicyclic) bond motifs is 1. The Morgan fingerprint density at radius 1 is 1.18 bits per heavy atom. The zero-order valence-electron chi connectivity index (χ0n) is 12.9. The maximum absolute atomic E-state index is 12.7. The highest BCUT2D eigenvalue weighted by atomic mass is 32.2. The molecule has 1 aliphatic carbocycles. The van der Waals surface area contributed by atoms with Crippen LogP contribution in [0.15, 0.2) is 0 Å². The van der Waals surface area contributed by atoms with E-state index in [-0.39, 0.29) is 11.7 Å². The summed E-state index contributed by atoms with van der Waals surface area (Å²) in [5.41, 5.74) is 5.52. The Balaban J connectivity index is 1.66. The van der Waals surface area contributed by atoms with Crippen LogP contribution in [0.3, 0.4) is 0 Å². The fourth-order valence-electron chi connectivity index (χ4n) is 4.37. The maximum Gasteiger partial charge on any atom is 0.236 e. The van der Waals surface area contributed by atoms with E-state index < -0.39 is 22.0 Å². The molecular weight excluding hydrogens is 304 g/mol. The number of primary amides is 1. The molecule has 3 atom stereocenters. The summed E-state index contributed by atoms with van der Waals surface area (Å²) in [4.78, 5) is 11.8. The number of carbonyl (C=O) groups excluding carboxylic acids is 1. The second-order valence-electron chi connectivity index (χ2n) is 6.93. The summed E-state index contributed by atoms with van der Waals surface area (Å²) in [6.45, 7) is 1.93. The van der Waals surface area contributed by atoms with E-state index >= 15 is 0 Å². The van der Waals surface area contributed by atoms with Gasteiger partial charge in [-0.1, -0.05) is 6.42 Å². The van der Waals surface area contributed by atoms with Crippen LogP contribution >= 0.6 is 0 Å². The molecule has 3 rings (SSSR count). The number of hydrogen-bond acceptors (Lipinski definition) is 4. The molecule has 22 heavy (non-hydrogen) atoms. The zero-order chi connectivity index (χ0) is 15.7. The van der Waals surface area contributed by atoms with Gasteiger partial charge in [-0.15, -0.1) is 0 Å². The molecule has 3 aliphatic rings. The number of amides is 1. The first kappa shape index (κ1) is 16.2. The lowest BCUT2D eigenvalue weighted by Gasteiger charge is -2.26. The van der Waals surface area contributed by atoms with Crippen molar-refractivity contribution in [2.75, 3.05) is 25.5 Å². The SMILES string of the molecule is NC(=O)C1C2CCCC2CN1S(=O)(=O)CCC1CCOCC1. The number of rotatable bonds is 5. The molecule has 0 bridgehead atoms. The van der Waals surface area contributed by atoms with E-state index in [9.17, 15) is 13.2 Å². The zero-order valence-corrected chi connectivity index (χ0v) is 13.8. The molecule has 3 fully saturated rings. The summed E-state index contributed by atoms with van der Waals surface area (Å²) in [6.07, 6.45) is 5.53. The van der Waals surface area contributed by atoms with Crippen LogP contribution in [0.4, 0.5) is 0 Å². The van der Waals surface area contributed by atoms with Crippen LogP contribution in [0.25, 0.3) is 0 Å². The number of ether oxygens (including phenoxy) is 1. The second-order valence-corrected chi connectivity index (χ2v) is 8.97. The average molecular weight is 330 g/mol. The smallest absolute Gasteiger partial charge is 0.236 e. The third-order valence-electron chi connectivity index (χ3n) is 5.62. The van der Waals surface area contributed by atoms with Crippen molar-refractivity contribution in [1.29, 1.82) is 0 Å². The summed E-state index contributed by atoms with van der Waals surface area (Å²) in [7, 11) is -3.40. The maximum atomic E-state index is 12.7. The van der Waals surface area contributed by atoms with Gasteiger partial charge in [0.05, 0.1) is 5.75 Å². The van der Waals surface area contributed by atoms with E-state index in [4.69, 9.17) is 10.5 Å². The van der Waals surface area contributed by atoms with E-state index in [0.717, 1.165) is 45.3 Å². The Kier molecular flexibility index (Phi) is 4.75. The van der Waals surface area contributed by atoms with Crippen molar-refractivity contribution in [2.45, 2.75) is 44.6 Å². The minimum Gasteiger partial charge on any atom is -0.381 e. The minimum absolute atomic E-state index is 0.126. The van der Waals surface area contributed by atoms with E-state index in [0.29, 0.717) is 24.8 Å². The second kappa shape index (κ2) is 6.45. The van der Waals surface area contributed by atoms with Gasteiger partial charge in [0.25, 0.3) is 0 Å². The molecule has 126 valence electrons. The molecular formula is C15H26N2O4S. The molecule has 0 aromatic carbocycles. The van der Waals surface area contributed by atoms with Gasteiger partial charge in [-0.3, -0.25) is 4.79 Å². The van der Waals surface area contributed by atoms with Crippen molar-refractivity contribution in [1.82, 2.24) is 4.31 Å². The van der Waals surface area contributed by atoms with Crippen LogP contribution in [0.5, 0.6) is 0 Å². The van der Waals surface area contributed by atoms with Gasteiger partial charge in [-0.2, -0.15) is 4.31 Å². The number of sulfonamides is 1. The fraction of sp³-hybridized carbons (Fsp3) is 0.933. The Bertz CT molecular complexity index is 516. The monoisotopic (exact) mass is 330 g/mol. The summed E-state index contributed by atoms with van der Waals surface area (Å²) >= 11 is 0. The fourth-order valence-corrected chi connectivity index (χ4v) is 6.26. The highest BCUT2D eigenvalue weighted by molar-refractivity contribution is 7.89. The lowest BCUT2D eigenvalue weighted by molar-refractivity contribution is -0.122. The van der Waals surface area contributed by atoms with Crippen molar-refractivity contribution in [3.05, 3.63) is 0 Å². The molecule has 7 heteroatoms. The van der Waals surface area contributed by atoms with Crippen molar-refractivity contribution in [2.24, 2.45) is 23.5 Å². The van der Waals surface area contributed by atoms with Gasteiger partial charge >= 0.3 is 0 Å². The molecule has 1 saturated carbocycles. The highest BCUT2D eigenvalue weighted by Gasteiger charge is 2.50. The largest absolute Gasteiger partial charge is 0.381 e. The number of hydrogen-bond donors (Lipinski definition) is 1. The van der Waals surface area contributed by atoms with Crippen LogP contribution in [0, 0.1) is 17.8 Å². The molecule has 3 unspecified atom stereocenters. The molecule has 2 saturated heterocycles. The number of nitrogens with two attached hydrogens (primary N) is 1. The molecule has 0 aromatic rings. The molecule has 0 radical (unpaired) electrons. The first-order valence-corrected chi connectivity index (χ1v) is 9.96. The molecule has 2 heterocycles. The summed E-state index contributed by atoms with van der Waals surface area (Å²) in [5.74, 6) is 0.508.